The summed E-state index contributed by atoms with van der Waals surface area (Å²) < 4.78 is 83.6. The van der Waals surface area contributed by atoms with E-state index in [1.54, 1.807) is 0 Å². The molecule has 5 rings (SSSR count). The van der Waals surface area contributed by atoms with Crippen molar-refractivity contribution in [1.82, 2.24) is 29.1 Å². The van der Waals surface area contributed by atoms with E-state index in [1.165, 1.54) is 35.2 Å². The van der Waals surface area contributed by atoms with Gasteiger partial charge in [0, 0.05) is 12.1 Å². The van der Waals surface area contributed by atoms with Crippen LogP contribution in [0.5, 0.6) is 11.5 Å². The molecule has 0 aliphatic heterocycles. The molecule has 226 valence electrons. The van der Waals surface area contributed by atoms with Crippen LogP contribution in [0, 0.1) is 9.54 Å². The monoisotopic (exact) mass is 646 g/mol. The molecule has 12 nitrogen and oxygen atoms in total. The fourth-order valence-corrected chi connectivity index (χ4v) is 4.22. The molecule has 0 amide bonds. The Balaban J connectivity index is 0.000000197. The van der Waals surface area contributed by atoms with Crippen molar-refractivity contribution in [1.29, 1.82) is 0 Å². The Morgan fingerprint density at radius 1 is 0.767 bits per heavy atom. The summed E-state index contributed by atoms with van der Waals surface area (Å²) >= 11 is 9.99. The zero-order valence-corrected chi connectivity index (χ0v) is 22.5. The van der Waals surface area contributed by atoms with Gasteiger partial charge in [-0.3, -0.25) is 28.7 Å². The topological polar surface area (TPSA) is 175 Å². The quantitative estimate of drug-likeness (QED) is 0.138. The first kappa shape index (κ1) is 30.8. The Bertz CT molecular complexity index is 2050. The van der Waals surface area contributed by atoms with Crippen molar-refractivity contribution in [2.24, 2.45) is 0 Å². The number of hydrogen-bond donors (Lipinski definition) is 5. The zero-order valence-electron chi connectivity index (χ0n) is 20.9. The van der Waals surface area contributed by atoms with Gasteiger partial charge in [0.2, 0.25) is 0 Å². The highest BCUT2D eigenvalue weighted by Crippen LogP contribution is 2.27. The zero-order chi connectivity index (χ0) is 31.7. The van der Waals surface area contributed by atoms with Crippen LogP contribution in [0.1, 0.15) is 0 Å². The standard InChI is InChI=1S/C12H7F3N4O2S.C11H9F3N4O2S/c13-12(14,15)21-7-3-1-2-6(4-7)19-9-8(16-5-17-9)10(20)18-11(19)22;12-11(13,14)20-6-3-1-2-5(4-6)18-8(16)7(15)9(19)17-10(18)21/h1-5H,(H,16,17)(H,18,20,22);1-4H,15-16H2,(H,17,19,21). The van der Waals surface area contributed by atoms with Gasteiger partial charge in [-0.05, 0) is 48.7 Å². The molecule has 20 heteroatoms. The normalized spacial score (nSPS) is 11.6. The van der Waals surface area contributed by atoms with Crippen molar-refractivity contribution in [2.45, 2.75) is 12.7 Å². The predicted molar refractivity (Wildman–Crippen MR) is 146 cm³/mol. The average molecular weight is 647 g/mol. The van der Waals surface area contributed by atoms with Crippen LogP contribution >= 0.6 is 24.4 Å². The van der Waals surface area contributed by atoms with E-state index in [-0.39, 0.29) is 43.6 Å². The summed E-state index contributed by atoms with van der Waals surface area (Å²) in [7, 11) is 0. The summed E-state index contributed by atoms with van der Waals surface area (Å²) in [5.74, 6) is -1.03. The maximum Gasteiger partial charge on any atom is 0.573 e. The number of halogens is 6. The Kier molecular flexibility index (Phi) is 8.35. The van der Waals surface area contributed by atoms with Gasteiger partial charge in [0.1, 0.15) is 28.5 Å². The number of aromatic amines is 3. The van der Waals surface area contributed by atoms with Gasteiger partial charge in [0.15, 0.2) is 15.2 Å². The minimum absolute atomic E-state index is 0.00811. The molecular weight excluding hydrogens is 630 g/mol. The molecule has 0 atom stereocenters. The molecule has 0 spiro atoms. The van der Waals surface area contributed by atoms with Crippen LogP contribution < -0.4 is 32.1 Å². The van der Waals surface area contributed by atoms with E-state index in [0.29, 0.717) is 0 Å². The van der Waals surface area contributed by atoms with E-state index in [9.17, 15) is 35.9 Å². The highest BCUT2D eigenvalue weighted by molar-refractivity contribution is 7.71. The third kappa shape index (κ3) is 7.22. The SMILES string of the molecule is Nc1c(N)n(-c2cccc(OC(F)(F)F)c2)c(=S)[nH]c1=O.O=c1[nH]c(=S)n(-c2cccc(OC(F)(F)F)c2)c2nc[nH]c12. The molecule has 0 unspecified atom stereocenters. The van der Waals surface area contributed by atoms with Gasteiger partial charge in [0.25, 0.3) is 11.1 Å². The van der Waals surface area contributed by atoms with E-state index >= 15 is 0 Å². The lowest BCUT2D eigenvalue weighted by atomic mass is 10.3. The number of nitrogen functional groups attached to an aromatic ring is 2. The van der Waals surface area contributed by atoms with Gasteiger partial charge in [-0.25, -0.2) is 4.98 Å². The molecule has 0 aliphatic rings. The molecule has 0 fully saturated rings. The maximum absolute atomic E-state index is 12.3. The number of anilines is 2. The molecular formula is C23H16F6N8O4S2. The first-order valence-corrected chi connectivity index (χ1v) is 12.2. The summed E-state index contributed by atoms with van der Waals surface area (Å²) in [6.07, 6.45) is -8.33. The highest BCUT2D eigenvalue weighted by Gasteiger charge is 2.32. The molecule has 0 bridgehead atoms. The highest BCUT2D eigenvalue weighted by atomic mass is 32.1. The minimum atomic E-state index is -4.82. The second-order valence-corrected chi connectivity index (χ2v) is 8.95. The van der Waals surface area contributed by atoms with Crippen molar-refractivity contribution >= 4 is 47.1 Å². The van der Waals surface area contributed by atoms with Gasteiger partial charge in [-0.15, -0.1) is 26.3 Å². The number of rotatable bonds is 4. The fourth-order valence-electron chi connectivity index (χ4n) is 3.64. The average Bonchev–Trinajstić information content (AvgIpc) is 3.37. The number of nitrogens with one attached hydrogen (secondary N) is 3. The van der Waals surface area contributed by atoms with Crippen LogP contribution in [-0.4, -0.2) is 41.8 Å². The third-order valence-electron chi connectivity index (χ3n) is 5.29. The van der Waals surface area contributed by atoms with Crippen molar-refractivity contribution in [2.75, 3.05) is 11.5 Å². The first-order valence-electron chi connectivity index (χ1n) is 11.3. The van der Waals surface area contributed by atoms with Gasteiger partial charge in [0.05, 0.1) is 17.7 Å². The number of H-pyrrole nitrogens is 3. The Labute approximate surface area is 244 Å². The minimum Gasteiger partial charge on any atom is -0.406 e. The van der Waals surface area contributed by atoms with Crippen molar-refractivity contribution in [3.63, 3.8) is 0 Å². The number of ether oxygens (including phenoxy) is 2. The largest absolute Gasteiger partial charge is 0.573 e. The van der Waals surface area contributed by atoms with Crippen LogP contribution in [0.15, 0.2) is 64.4 Å². The van der Waals surface area contributed by atoms with Crippen LogP contribution in [0.2, 0.25) is 0 Å². The fraction of sp³-hybridized carbons (Fsp3) is 0.0870. The lowest BCUT2D eigenvalue weighted by Gasteiger charge is -2.14. The molecule has 2 aromatic carbocycles. The van der Waals surface area contributed by atoms with Crippen LogP contribution in [0.3, 0.4) is 0 Å². The number of hydrogen-bond acceptors (Lipinski definition) is 9. The van der Waals surface area contributed by atoms with E-state index in [1.807, 2.05) is 0 Å². The Hall–Kier alpha value is -5.11. The molecule has 0 aliphatic carbocycles. The number of fused-ring (bicyclic) bond motifs is 1. The second-order valence-electron chi connectivity index (χ2n) is 8.18. The van der Waals surface area contributed by atoms with Gasteiger partial charge >= 0.3 is 12.7 Å². The summed E-state index contributed by atoms with van der Waals surface area (Å²) in [4.78, 5) is 34.4. The van der Waals surface area contributed by atoms with Gasteiger partial charge in [-0.2, -0.15) is 0 Å². The number of imidazole rings is 1. The smallest absolute Gasteiger partial charge is 0.406 e. The Morgan fingerprint density at radius 3 is 1.79 bits per heavy atom. The number of aromatic nitrogens is 6. The number of nitrogens with two attached hydrogens (primary N) is 2. The lowest BCUT2D eigenvalue weighted by molar-refractivity contribution is -0.275. The summed E-state index contributed by atoms with van der Waals surface area (Å²) in [5, 5.41) is 0. The van der Waals surface area contributed by atoms with Gasteiger partial charge < -0.3 is 25.9 Å². The van der Waals surface area contributed by atoms with E-state index < -0.39 is 35.3 Å². The van der Waals surface area contributed by atoms with Gasteiger partial charge in [-0.1, -0.05) is 12.1 Å². The second kappa shape index (κ2) is 11.6. The Morgan fingerprint density at radius 2 is 1.26 bits per heavy atom. The molecule has 3 heterocycles. The van der Waals surface area contributed by atoms with E-state index in [4.69, 9.17) is 35.9 Å². The molecule has 43 heavy (non-hydrogen) atoms. The summed E-state index contributed by atoms with van der Waals surface area (Å²) in [6, 6.07) is 10.1. The lowest BCUT2D eigenvalue weighted by Crippen LogP contribution is -2.21. The van der Waals surface area contributed by atoms with Crippen LogP contribution in [0.4, 0.5) is 37.8 Å². The summed E-state index contributed by atoms with van der Waals surface area (Å²) in [5.41, 5.74) is 10.6. The number of alkyl halides is 6. The van der Waals surface area contributed by atoms with Crippen molar-refractivity contribution < 1.29 is 35.8 Å². The number of benzene rings is 2. The number of nitrogens with zero attached hydrogens (tertiary/aromatic N) is 3. The van der Waals surface area contributed by atoms with E-state index in [2.05, 4.69) is 29.4 Å². The molecule has 0 saturated heterocycles. The third-order valence-corrected chi connectivity index (χ3v) is 5.85. The van der Waals surface area contributed by atoms with Crippen molar-refractivity contribution in [3.8, 4) is 22.9 Å². The predicted octanol–water partition coefficient (Wildman–Crippen LogP) is 4.63. The van der Waals surface area contributed by atoms with Crippen molar-refractivity contribution in [3.05, 3.63) is 85.1 Å². The summed E-state index contributed by atoms with van der Waals surface area (Å²) in [6.45, 7) is 0. The maximum atomic E-state index is 12.3. The van der Waals surface area contributed by atoms with E-state index in [0.717, 1.165) is 28.8 Å². The van der Waals surface area contributed by atoms with Crippen LogP contribution in [-0.2, 0) is 0 Å². The van der Waals surface area contributed by atoms with Crippen LogP contribution in [0.25, 0.3) is 22.5 Å². The molecule has 0 saturated carbocycles. The molecule has 3 aromatic heterocycles. The molecule has 5 aromatic rings. The first-order chi connectivity index (χ1) is 20.0. The molecule has 0 radical (unpaired) electrons. The molecule has 7 N–H and O–H groups in total.